The molecule has 0 bridgehead atoms. The lowest BCUT2D eigenvalue weighted by molar-refractivity contribution is -0.0925. The van der Waals surface area contributed by atoms with Crippen LogP contribution >= 0.6 is 8.53 Å². The number of nitrogens with zero attached hydrogens (tertiary/aromatic N) is 4. The number of hydrogen-bond donors (Lipinski definition) is 1. The summed E-state index contributed by atoms with van der Waals surface area (Å²) in [5.41, 5.74) is 4.86. The van der Waals surface area contributed by atoms with Gasteiger partial charge in [0.15, 0.2) is 5.82 Å². The van der Waals surface area contributed by atoms with Crippen molar-refractivity contribution < 1.29 is 32.8 Å². The lowest BCUT2D eigenvalue weighted by atomic mass is 9.80. The summed E-state index contributed by atoms with van der Waals surface area (Å²) in [6.07, 6.45) is 2.74. The van der Waals surface area contributed by atoms with Gasteiger partial charge in [0.1, 0.15) is 37.5 Å². The maximum absolute atomic E-state index is 14.3. The fraction of sp³-hybridized carbons (Fsp3) is 0.404. The van der Waals surface area contributed by atoms with E-state index in [0.29, 0.717) is 29.0 Å². The number of carbonyl (C=O) groups is 1. The van der Waals surface area contributed by atoms with E-state index in [0.717, 1.165) is 36.0 Å². The summed E-state index contributed by atoms with van der Waals surface area (Å²) in [6.45, 7) is 15.1. The van der Waals surface area contributed by atoms with Gasteiger partial charge in [-0.1, -0.05) is 104 Å². The number of anilines is 1. The van der Waals surface area contributed by atoms with Gasteiger partial charge >= 0.3 is 5.69 Å². The van der Waals surface area contributed by atoms with Gasteiger partial charge < -0.3 is 33.3 Å². The Morgan fingerprint density at radius 2 is 1.42 bits per heavy atom. The van der Waals surface area contributed by atoms with Gasteiger partial charge in [-0.3, -0.25) is 9.36 Å². The molecule has 1 unspecified atom stereocenters. The molecular formula is C57H68N5O8PSi. The molecule has 13 nitrogen and oxygen atoms in total. The van der Waals surface area contributed by atoms with Crippen molar-refractivity contribution in [2.75, 3.05) is 32.8 Å². The fourth-order valence-electron chi connectivity index (χ4n) is 8.37. The van der Waals surface area contributed by atoms with Gasteiger partial charge in [-0.15, -0.1) is 11.5 Å². The summed E-state index contributed by atoms with van der Waals surface area (Å²) >= 11 is 0. The lowest BCUT2D eigenvalue weighted by Crippen LogP contribution is -2.39. The summed E-state index contributed by atoms with van der Waals surface area (Å²) in [5, 5.41) is 12.4. The van der Waals surface area contributed by atoms with E-state index in [4.69, 9.17) is 28.0 Å². The van der Waals surface area contributed by atoms with E-state index in [1.165, 1.54) is 4.57 Å². The van der Waals surface area contributed by atoms with E-state index in [1.54, 1.807) is 44.7 Å². The molecule has 1 saturated heterocycles. The molecule has 0 spiro atoms. The van der Waals surface area contributed by atoms with Crippen LogP contribution in [0.25, 0.3) is 0 Å². The molecule has 0 saturated carbocycles. The molecule has 5 aromatic rings. The Balaban J connectivity index is 1.43. The van der Waals surface area contributed by atoms with Crippen molar-refractivity contribution in [1.82, 2.24) is 14.2 Å². The number of aromatic nitrogens is 2. The van der Waals surface area contributed by atoms with Crippen molar-refractivity contribution in [3.8, 4) is 40.9 Å². The zero-order chi connectivity index (χ0) is 51.7. The molecule has 378 valence electrons. The molecule has 72 heavy (non-hydrogen) atoms. The van der Waals surface area contributed by atoms with Crippen LogP contribution < -0.4 is 20.5 Å². The first-order chi connectivity index (χ1) is 34.7. The van der Waals surface area contributed by atoms with Crippen molar-refractivity contribution in [1.29, 1.82) is 5.26 Å². The van der Waals surface area contributed by atoms with E-state index < -0.39 is 52.2 Å². The first kappa shape index (κ1) is 55.2. The molecule has 1 aromatic heterocycles. The minimum atomic E-state index is -1.76. The number of unbranched alkanes of at least 4 members (excludes halogenated alkanes) is 3. The Morgan fingerprint density at radius 1 is 0.847 bits per heavy atom. The van der Waals surface area contributed by atoms with Crippen LogP contribution in [0.4, 0.5) is 5.82 Å². The van der Waals surface area contributed by atoms with Crippen LogP contribution in [0.15, 0.2) is 120 Å². The maximum atomic E-state index is 14.3. The fourth-order valence-corrected chi connectivity index (χ4v) is 10.8. The third kappa shape index (κ3) is 14.7. The number of ether oxygens (including phenoxy) is 4. The van der Waals surface area contributed by atoms with Crippen LogP contribution in [-0.4, -0.2) is 79.9 Å². The highest BCUT2D eigenvalue weighted by Crippen LogP contribution is 2.51. The third-order valence-electron chi connectivity index (χ3n) is 11.8. The van der Waals surface area contributed by atoms with Gasteiger partial charge in [0, 0.05) is 43.1 Å². The highest BCUT2D eigenvalue weighted by Gasteiger charge is 2.45. The Morgan fingerprint density at radius 3 is 1.97 bits per heavy atom. The minimum Gasteiger partial charge on any atom is -0.497 e. The smallest absolute Gasteiger partial charge is 0.351 e. The summed E-state index contributed by atoms with van der Waals surface area (Å²) in [4.78, 5) is 32.3. The predicted molar refractivity (Wildman–Crippen MR) is 286 cm³/mol. The molecule has 1 fully saturated rings. The zero-order valence-corrected chi connectivity index (χ0v) is 44.9. The average molecular weight is 1010 g/mol. The topological polar surface area (TPSA) is 146 Å². The molecule has 4 aromatic carbocycles. The third-order valence-corrected chi connectivity index (χ3v) is 14.9. The largest absolute Gasteiger partial charge is 0.497 e. The van der Waals surface area contributed by atoms with E-state index in [9.17, 15) is 14.9 Å². The number of nitrogens with one attached hydrogen (secondary N) is 1. The minimum absolute atomic E-state index is 0.0127. The van der Waals surface area contributed by atoms with Gasteiger partial charge in [-0.25, -0.2) is 9.46 Å². The Kier molecular flexibility index (Phi) is 20.4. The average Bonchev–Trinajstić information content (AvgIpc) is 3.77. The van der Waals surface area contributed by atoms with Crippen LogP contribution in [0.3, 0.4) is 0 Å². The van der Waals surface area contributed by atoms with Crippen molar-refractivity contribution >= 4 is 28.3 Å². The maximum Gasteiger partial charge on any atom is 0.351 e. The van der Waals surface area contributed by atoms with Gasteiger partial charge in [-0.2, -0.15) is 10.2 Å². The Bertz CT molecular complexity index is 2700. The second-order valence-corrected chi connectivity index (χ2v) is 25.1. The van der Waals surface area contributed by atoms with Crippen LogP contribution in [0.5, 0.6) is 11.5 Å². The van der Waals surface area contributed by atoms with Crippen molar-refractivity contribution in [2.45, 2.75) is 122 Å². The van der Waals surface area contributed by atoms with Crippen LogP contribution in [-0.2, 0) is 24.1 Å². The summed E-state index contributed by atoms with van der Waals surface area (Å²) < 4.78 is 42.6. The molecule has 4 atom stereocenters. The summed E-state index contributed by atoms with van der Waals surface area (Å²) in [6, 6.07) is 36.5. The van der Waals surface area contributed by atoms with Crippen LogP contribution in [0.2, 0.25) is 19.6 Å². The van der Waals surface area contributed by atoms with Gasteiger partial charge in [0.2, 0.25) is 0 Å². The van der Waals surface area contributed by atoms with E-state index in [-0.39, 0.29) is 44.0 Å². The first-order valence-corrected chi connectivity index (χ1v) is 29.2. The Hall–Kier alpha value is -6.11. The SMILES string of the molecule is COc1ccc(C(OC[C@H]2O[C@@H](n3cc(C#CCCCCC#C[Si](C)(C)C)c(NC(=O)c4ccccc4)nc3=O)C[C@@H]2OP(OCCC#N)N(C(C)C)C(C)C)(c2ccccc2)c2ccc(OC)cc2)cc1. The highest BCUT2D eigenvalue weighted by molar-refractivity contribution is 7.44. The predicted octanol–water partition coefficient (Wildman–Crippen LogP) is 11.3. The standard InChI is InChI=1S/C57H68N5O8PSi/c1-42(2)62(43(3)4)71(68-37-22-36-58)70-51-39-53(61-40-45(25-16-12-10-11-13-21-38-72(7,8)9)54(60-56(61)64)59-55(63)44-23-17-14-18-24-44)69-52(51)41-67-57(46-26-19-15-20-27-46,47-28-32-49(65-5)33-29-47)48-30-34-50(66-6)35-31-48/h14-15,17-20,23-24,26-35,40,42-43,51-53H,10-13,22,37,39,41H2,1-9H3,(H,59,60,63,64)/t51-,52+,53+,71?/m0/s1. The molecule has 2 heterocycles. The molecule has 1 aliphatic heterocycles. The number of benzene rings is 4. The van der Waals surface area contributed by atoms with Crippen molar-refractivity contribution in [3.63, 3.8) is 0 Å². The van der Waals surface area contributed by atoms with E-state index in [2.05, 4.69) is 91.7 Å². The second kappa shape index (κ2) is 26.5. The van der Waals surface area contributed by atoms with Crippen molar-refractivity contribution in [3.05, 3.63) is 154 Å². The van der Waals surface area contributed by atoms with Gasteiger partial charge in [-0.05, 0) is 93.6 Å². The number of amides is 1. The summed E-state index contributed by atoms with van der Waals surface area (Å²) in [5.74, 6) is 10.8. The molecule has 0 radical (unpaired) electrons. The molecule has 1 N–H and O–H groups in total. The van der Waals surface area contributed by atoms with Crippen LogP contribution in [0.1, 0.15) is 105 Å². The van der Waals surface area contributed by atoms with Gasteiger partial charge in [0.25, 0.3) is 14.4 Å². The molecule has 0 aliphatic carbocycles. The van der Waals surface area contributed by atoms with E-state index >= 15 is 0 Å². The quantitative estimate of drug-likeness (QED) is 0.0232. The number of nitriles is 1. The van der Waals surface area contributed by atoms with Crippen molar-refractivity contribution in [2.24, 2.45) is 0 Å². The molecule has 15 heteroatoms. The number of hydrogen-bond acceptors (Lipinski definition) is 11. The number of methoxy groups -OCH3 is 2. The summed E-state index contributed by atoms with van der Waals surface area (Å²) in [7, 11) is 0.0511. The monoisotopic (exact) mass is 1010 g/mol. The molecular weight excluding hydrogens is 942 g/mol. The van der Waals surface area contributed by atoms with Crippen LogP contribution in [0, 0.1) is 34.6 Å². The lowest BCUT2D eigenvalue weighted by Gasteiger charge is -2.39. The Labute approximate surface area is 428 Å². The highest BCUT2D eigenvalue weighted by atomic mass is 31.2. The number of rotatable bonds is 22. The number of carbonyl (C=O) groups excluding carboxylic acids is 1. The zero-order valence-electron chi connectivity index (χ0n) is 43.0. The van der Waals surface area contributed by atoms with E-state index in [1.807, 2.05) is 84.9 Å². The normalized spacial score (nSPS) is 16.1. The second-order valence-electron chi connectivity index (χ2n) is 18.9. The molecule has 1 amide bonds. The molecule has 6 rings (SSSR count). The molecule has 1 aliphatic rings. The van der Waals surface area contributed by atoms with Gasteiger partial charge in [0.05, 0.1) is 51.6 Å². The first-order valence-electron chi connectivity index (χ1n) is 24.5.